The number of anilines is 1. The minimum absolute atomic E-state index is 0.0237. The third kappa shape index (κ3) is 2.96. The molecule has 0 bridgehead atoms. The summed E-state index contributed by atoms with van der Waals surface area (Å²) in [4.78, 5) is 11.4. The predicted molar refractivity (Wildman–Crippen MR) is 58.7 cm³/mol. The van der Waals surface area contributed by atoms with Gasteiger partial charge in [0.2, 0.25) is 0 Å². The fraction of sp³-hybridized carbons (Fsp3) is 0.600. The molecule has 2 N–H and O–H groups in total. The van der Waals surface area contributed by atoms with E-state index in [-0.39, 0.29) is 19.3 Å². The van der Waals surface area contributed by atoms with Crippen LogP contribution in [0.2, 0.25) is 0 Å². The van der Waals surface area contributed by atoms with E-state index in [1.165, 1.54) is 4.68 Å². The van der Waals surface area contributed by atoms with E-state index in [1.54, 1.807) is 6.92 Å². The Hall–Kier alpha value is -1.56. The highest BCUT2D eigenvalue weighted by Gasteiger charge is 2.11. The summed E-state index contributed by atoms with van der Waals surface area (Å²) in [5.41, 5.74) is 7.84. The van der Waals surface area contributed by atoms with Gasteiger partial charge in [0.15, 0.2) is 6.79 Å². The maximum absolute atomic E-state index is 11.4. The molecule has 0 radical (unpaired) electrons. The number of nitrogens with two attached hydrogens (primary N) is 1. The molecule has 0 saturated heterocycles. The Bertz CT molecular complexity index is 374. The summed E-state index contributed by atoms with van der Waals surface area (Å²) < 4.78 is 11.3. The molecule has 1 rings (SSSR count). The first kappa shape index (κ1) is 12.5. The summed E-state index contributed by atoms with van der Waals surface area (Å²) >= 11 is 0. The first-order valence-corrected chi connectivity index (χ1v) is 5.09. The van der Waals surface area contributed by atoms with Gasteiger partial charge in [0.25, 0.3) is 0 Å². The van der Waals surface area contributed by atoms with Crippen molar-refractivity contribution in [3.63, 3.8) is 0 Å². The number of esters is 1. The van der Waals surface area contributed by atoms with E-state index in [1.807, 2.05) is 13.8 Å². The van der Waals surface area contributed by atoms with E-state index < -0.39 is 0 Å². The highest BCUT2D eigenvalue weighted by atomic mass is 16.7. The summed E-state index contributed by atoms with van der Waals surface area (Å²) in [6.45, 7) is 5.98. The fourth-order valence-corrected chi connectivity index (χ4v) is 1.22. The molecule has 16 heavy (non-hydrogen) atoms. The Balaban J connectivity index is 2.53. The maximum Gasteiger partial charge on any atom is 0.329 e. The van der Waals surface area contributed by atoms with E-state index in [0.29, 0.717) is 12.3 Å². The molecule has 1 aromatic rings. The summed E-state index contributed by atoms with van der Waals surface area (Å²) in [6.07, 6.45) is 0. The molecule has 0 fully saturated rings. The average molecular weight is 227 g/mol. The van der Waals surface area contributed by atoms with Crippen LogP contribution in [0.4, 0.5) is 5.69 Å². The second-order valence-electron chi connectivity index (χ2n) is 3.37. The van der Waals surface area contributed by atoms with Crippen LogP contribution in [0.15, 0.2) is 0 Å². The van der Waals surface area contributed by atoms with Gasteiger partial charge >= 0.3 is 5.97 Å². The van der Waals surface area contributed by atoms with Crippen molar-refractivity contribution in [1.82, 2.24) is 9.78 Å². The molecule has 6 nitrogen and oxygen atoms in total. The molecule has 0 amide bonds. The van der Waals surface area contributed by atoms with Gasteiger partial charge in [-0.25, -0.2) is 4.79 Å². The molecule has 0 aliphatic rings. The predicted octanol–water partition coefficient (Wildman–Crippen LogP) is 0.619. The van der Waals surface area contributed by atoms with Crippen LogP contribution in [0.5, 0.6) is 0 Å². The van der Waals surface area contributed by atoms with E-state index in [2.05, 4.69) is 5.10 Å². The number of nitrogen functional groups attached to an aromatic ring is 1. The number of rotatable bonds is 5. The van der Waals surface area contributed by atoms with E-state index in [4.69, 9.17) is 15.2 Å². The van der Waals surface area contributed by atoms with Crippen LogP contribution in [0.1, 0.15) is 18.3 Å². The molecular weight excluding hydrogens is 210 g/mol. The SMILES string of the molecule is CCOCOC(=O)Cn1nc(C)c(N)c1C. The van der Waals surface area contributed by atoms with Crippen LogP contribution in [-0.4, -0.2) is 29.1 Å². The second kappa shape index (κ2) is 5.50. The first-order valence-electron chi connectivity index (χ1n) is 5.09. The zero-order valence-corrected chi connectivity index (χ0v) is 9.82. The topological polar surface area (TPSA) is 79.4 Å². The van der Waals surface area contributed by atoms with Crippen LogP contribution in [0.25, 0.3) is 0 Å². The van der Waals surface area contributed by atoms with Gasteiger partial charge in [0.05, 0.1) is 17.1 Å². The van der Waals surface area contributed by atoms with Crippen molar-refractivity contribution >= 4 is 11.7 Å². The van der Waals surface area contributed by atoms with Gasteiger partial charge in [-0.15, -0.1) is 0 Å². The van der Waals surface area contributed by atoms with Crippen LogP contribution in [-0.2, 0) is 20.8 Å². The van der Waals surface area contributed by atoms with Crippen LogP contribution in [0.3, 0.4) is 0 Å². The number of aromatic nitrogens is 2. The number of aryl methyl sites for hydroxylation is 1. The minimum Gasteiger partial charge on any atom is -0.437 e. The molecule has 1 aromatic heterocycles. The van der Waals surface area contributed by atoms with Crippen molar-refractivity contribution in [1.29, 1.82) is 0 Å². The van der Waals surface area contributed by atoms with Gasteiger partial charge in [-0.1, -0.05) is 0 Å². The Labute approximate surface area is 94.3 Å². The lowest BCUT2D eigenvalue weighted by atomic mass is 10.3. The molecule has 0 aliphatic carbocycles. The normalized spacial score (nSPS) is 10.4. The number of hydrogen-bond donors (Lipinski definition) is 1. The number of ether oxygens (including phenoxy) is 2. The number of hydrogen-bond acceptors (Lipinski definition) is 5. The molecule has 0 spiro atoms. The Morgan fingerprint density at radius 1 is 1.50 bits per heavy atom. The zero-order valence-electron chi connectivity index (χ0n) is 9.82. The van der Waals surface area contributed by atoms with Crippen molar-refractivity contribution in [2.24, 2.45) is 0 Å². The van der Waals surface area contributed by atoms with E-state index >= 15 is 0 Å². The average Bonchev–Trinajstić information content (AvgIpc) is 2.47. The van der Waals surface area contributed by atoms with Gasteiger partial charge in [-0.2, -0.15) is 5.10 Å². The Kier molecular flexibility index (Phi) is 4.30. The molecule has 1 heterocycles. The molecule has 90 valence electrons. The maximum atomic E-state index is 11.4. The van der Waals surface area contributed by atoms with Crippen molar-refractivity contribution in [3.05, 3.63) is 11.4 Å². The lowest BCUT2D eigenvalue weighted by molar-refractivity contribution is -0.156. The number of carbonyl (C=O) groups is 1. The molecule has 0 aliphatic heterocycles. The molecular formula is C10H17N3O3. The van der Waals surface area contributed by atoms with Crippen molar-refractivity contribution in [3.8, 4) is 0 Å². The van der Waals surface area contributed by atoms with Crippen molar-refractivity contribution < 1.29 is 14.3 Å². The van der Waals surface area contributed by atoms with Crippen molar-refractivity contribution in [2.45, 2.75) is 27.3 Å². The monoisotopic (exact) mass is 227 g/mol. The third-order valence-electron chi connectivity index (χ3n) is 2.22. The second-order valence-corrected chi connectivity index (χ2v) is 3.37. The van der Waals surface area contributed by atoms with E-state index in [9.17, 15) is 4.79 Å². The summed E-state index contributed by atoms with van der Waals surface area (Å²) in [5, 5.41) is 4.13. The van der Waals surface area contributed by atoms with Crippen LogP contribution < -0.4 is 5.73 Å². The van der Waals surface area contributed by atoms with Crippen molar-refractivity contribution in [2.75, 3.05) is 19.1 Å². The fourth-order valence-electron chi connectivity index (χ4n) is 1.22. The summed E-state index contributed by atoms with van der Waals surface area (Å²) in [5.74, 6) is -0.390. The minimum atomic E-state index is -0.390. The first-order chi connectivity index (χ1) is 7.56. The number of carbonyl (C=O) groups excluding carboxylic acids is 1. The molecule has 0 atom stereocenters. The quantitative estimate of drug-likeness (QED) is 0.453. The Morgan fingerprint density at radius 2 is 2.19 bits per heavy atom. The molecule has 6 heteroatoms. The largest absolute Gasteiger partial charge is 0.437 e. The lowest BCUT2D eigenvalue weighted by Crippen LogP contribution is -2.17. The highest BCUT2D eigenvalue weighted by Crippen LogP contribution is 2.14. The Morgan fingerprint density at radius 3 is 2.69 bits per heavy atom. The van der Waals surface area contributed by atoms with E-state index in [0.717, 1.165) is 11.4 Å². The molecule has 0 unspecified atom stereocenters. The van der Waals surface area contributed by atoms with Gasteiger partial charge < -0.3 is 15.2 Å². The van der Waals surface area contributed by atoms with Gasteiger partial charge in [0.1, 0.15) is 6.54 Å². The van der Waals surface area contributed by atoms with Gasteiger partial charge in [-0.3, -0.25) is 4.68 Å². The summed E-state index contributed by atoms with van der Waals surface area (Å²) in [6, 6.07) is 0. The third-order valence-corrected chi connectivity index (χ3v) is 2.22. The van der Waals surface area contributed by atoms with Crippen LogP contribution in [0, 0.1) is 13.8 Å². The molecule has 0 saturated carbocycles. The standard InChI is InChI=1S/C10H17N3O3/c1-4-15-6-16-9(14)5-13-8(3)10(11)7(2)12-13/h4-6,11H2,1-3H3. The zero-order chi connectivity index (χ0) is 12.1. The highest BCUT2D eigenvalue weighted by molar-refractivity contribution is 5.69. The smallest absolute Gasteiger partial charge is 0.329 e. The summed E-state index contributed by atoms with van der Waals surface area (Å²) in [7, 11) is 0. The van der Waals surface area contributed by atoms with Crippen LogP contribution >= 0.6 is 0 Å². The molecule has 0 aromatic carbocycles. The number of nitrogens with zero attached hydrogens (tertiary/aromatic N) is 2. The lowest BCUT2D eigenvalue weighted by Gasteiger charge is -2.05. The van der Waals surface area contributed by atoms with Gasteiger partial charge in [-0.05, 0) is 20.8 Å². The van der Waals surface area contributed by atoms with Gasteiger partial charge in [0, 0.05) is 6.61 Å².